The first-order chi connectivity index (χ1) is 11.8. The minimum absolute atomic E-state index is 0.528. The summed E-state index contributed by atoms with van der Waals surface area (Å²) in [5.41, 5.74) is 4.21. The van der Waals surface area contributed by atoms with Gasteiger partial charge in [-0.3, -0.25) is 0 Å². The van der Waals surface area contributed by atoms with Crippen LogP contribution in [0.15, 0.2) is 84.9 Å². The molecule has 2 N–H and O–H groups in total. The minimum atomic E-state index is -1.55. The summed E-state index contributed by atoms with van der Waals surface area (Å²) in [7, 11) is -1.55. The number of aromatic nitrogens is 1. The quantitative estimate of drug-likeness (QED) is 0.571. The minimum Gasteiger partial charge on any atom is -0.423 e. The molecule has 0 saturated heterocycles. The number of hydrogen-bond acceptors (Lipinski definition) is 2. The van der Waals surface area contributed by atoms with Gasteiger partial charge in [0, 0.05) is 16.5 Å². The van der Waals surface area contributed by atoms with Crippen LogP contribution in [0.5, 0.6) is 0 Å². The Labute approximate surface area is 140 Å². The zero-order valence-electron chi connectivity index (χ0n) is 13.0. The van der Waals surface area contributed by atoms with Gasteiger partial charge in [-0.1, -0.05) is 66.7 Å². The summed E-state index contributed by atoms with van der Waals surface area (Å²) < 4.78 is 2.08. The van der Waals surface area contributed by atoms with E-state index in [9.17, 15) is 10.0 Å². The summed E-state index contributed by atoms with van der Waals surface area (Å²) in [6.07, 6.45) is 0. The van der Waals surface area contributed by atoms with Gasteiger partial charge in [0.1, 0.15) is 0 Å². The van der Waals surface area contributed by atoms with Gasteiger partial charge in [-0.25, -0.2) is 0 Å². The highest BCUT2D eigenvalue weighted by Gasteiger charge is 2.26. The number of benzene rings is 3. The molecule has 4 rings (SSSR count). The van der Waals surface area contributed by atoms with E-state index in [1.54, 1.807) is 0 Å². The molecule has 0 amide bonds. The van der Waals surface area contributed by atoms with E-state index in [1.807, 2.05) is 84.9 Å². The fourth-order valence-electron chi connectivity index (χ4n) is 3.25. The standard InChI is InChI=1S/C20H16BNO2/c23-21(24)19-17-13-7-8-14-18(17)22(16-11-5-2-6-12-16)20(19)15-9-3-1-4-10-15/h1-14,23-24H. The van der Waals surface area contributed by atoms with Crippen LogP contribution >= 0.6 is 0 Å². The van der Waals surface area contributed by atoms with E-state index in [0.717, 1.165) is 27.8 Å². The maximum atomic E-state index is 10.1. The van der Waals surface area contributed by atoms with Crippen LogP contribution in [0.25, 0.3) is 27.8 Å². The van der Waals surface area contributed by atoms with Crippen molar-refractivity contribution >= 4 is 23.5 Å². The van der Waals surface area contributed by atoms with Crippen molar-refractivity contribution in [3.63, 3.8) is 0 Å². The topological polar surface area (TPSA) is 45.4 Å². The molecule has 0 unspecified atom stereocenters. The lowest BCUT2D eigenvalue weighted by Crippen LogP contribution is -2.31. The Hall–Kier alpha value is -2.82. The Kier molecular flexibility index (Phi) is 3.69. The molecule has 0 aliphatic rings. The Balaban J connectivity index is 2.17. The second-order valence-corrected chi connectivity index (χ2v) is 5.69. The Morgan fingerprint density at radius 3 is 1.92 bits per heavy atom. The Morgan fingerprint density at radius 1 is 0.667 bits per heavy atom. The fourth-order valence-corrected chi connectivity index (χ4v) is 3.25. The predicted octanol–water partition coefficient (Wildman–Crippen LogP) is 2.98. The van der Waals surface area contributed by atoms with E-state index in [2.05, 4.69) is 4.57 Å². The van der Waals surface area contributed by atoms with E-state index < -0.39 is 7.12 Å². The van der Waals surface area contributed by atoms with Gasteiger partial charge in [0.2, 0.25) is 0 Å². The van der Waals surface area contributed by atoms with Crippen molar-refractivity contribution in [2.75, 3.05) is 0 Å². The number of fused-ring (bicyclic) bond motifs is 1. The van der Waals surface area contributed by atoms with Crippen molar-refractivity contribution in [1.29, 1.82) is 0 Å². The van der Waals surface area contributed by atoms with Crippen molar-refractivity contribution in [1.82, 2.24) is 4.57 Å². The van der Waals surface area contributed by atoms with Crippen LogP contribution in [0.3, 0.4) is 0 Å². The van der Waals surface area contributed by atoms with Gasteiger partial charge in [0.15, 0.2) is 0 Å². The van der Waals surface area contributed by atoms with E-state index >= 15 is 0 Å². The van der Waals surface area contributed by atoms with Crippen LogP contribution in [0, 0.1) is 0 Å². The number of para-hydroxylation sites is 2. The van der Waals surface area contributed by atoms with Crippen molar-refractivity contribution in [3.8, 4) is 16.9 Å². The van der Waals surface area contributed by atoms with Crippen molar-refractivity contribution in [3.05, 3.63) is 84.9 Å². The summed E-state index contributed by atoms with van der Waals surface area (Å²) in [6, 6.07) is 27.6. The zero-order chi connectivity index (χ0) is 16.5. The molecular weight excluding hydrogens is 297 g/mol. The third-order valence-corrected chi connectivity index (χ3v) is 4.23. The molecule has 0 spiro atoms. The Bertz CT molecular complexity index is 979. The molecule has 3 aromatic carbocycles. The molecule has 1 aromatic heterocycles. The molecule has 0 radical (unpaired) electrons. The van der Waals surface area contributed by atoms with Crippen LogP contribution < -0.4 is 5.46 Å². The predicted molar refractivity (Wildman–Crippen MR) is 98.5 cm³/mol. The van der Waals surface area contributed by atoms with Crippen molar-refractivity contribution < 1.29 is 10.0 Å². The molecule has 116 valence electrons. The molecule has 0 fully saturated rings. The second-order valence-electron chi connectivity index (χ2n) is 5.69. The van der Waals surface area contributed by atoms with Crippen LogP contribution in [0.2, 0.25) is 0 Å². The molecule has 0 aliphatic heterocycles. The average Bonchev–Trinajstić information content (AvgIpc) is 2.98. The molecule has 4 aromatic rings. The SMILES string of the molecule is OB(O)c1c(-c2ccccc2)n(-c2ccccc2)c2ccccc12. The molecule has 3 nitrogen and oxygen atoms in total. The molecule has 0 saturated carbocycles. The van der Waals surface area contributed by atoms with Crippen LogP contribution in [0.1, 0.15) is 0 Å². The normalized spacial score (nSPS) is 10.9. The summed E-state index contributed by atoms with van der Waals surface area (Å²) in [6.45, 7) is 0. The van der Waals surface area contributed by atoms with Gasteiger partial charge >= 0.3 is 7.12 Å². The van der Waals surface area contributed by atoms with Crippen molar-refractivity contribution in [2.24, 2.45) is 0 Å². The van der Waals surface area contributed by atoms with Gasteiger partial charge in [-0.15, -0.1) is 0 Å². The van der Waals surface area contributed by atoms with Gasteiger partial charge < -0.3 is 14.6 Å². The second kappa shape index (κ2) is 6.00. The van der Waals surface area contributed by atoms with E-state index in [1.165, 1.54) is 0 Å². The van der Waals surface area contributed by atoms with Crippen LogP contribution in [-0.2, 0) is 0 Å². The number of hydrogen-bond donors (Lipinski definition) is 2. The molecule has 24 heavy (non-hydrogen) atoms. The summed E-state index contributed by atoms with van der Waals surface area (Å²) in [5, 5.41) is 21.0. The third kappa shape index (κ3) is 2.33. The van der Waals surface area contributed by atoms with Crippen molar-refractivity contribution in [2.45, 2.75) is 0 Å². The zero-order valence-corrected chi connectivity index (χ0v) is 13.0. The fraction of sp³-hybridized carbons (Fsp3) is 0. The highest BCUT2D eigenvalue weighted by Crippen LogP contribution is 2.30. The molecule has 0 bridgehead atoms. The molecule has 0 aliphatic carbocycles. The summed E-state index contributed by atoms with van der Waals surface area (Å²) in [5.74, 6) is 0. The largest absolute Gasteiger partial charge is 0.491 e. The van der Waals surface area contributed by atoms with Gasteiger partial charge in [0.25, 0.3) is 0 Å². The number of rotatable bonds is 3. The van der Waals surface area contributed by atoms with E-state index in [4.69, 9.17) is 0 Å². The average molecular weight is 313 g/mol. The van der Waals surface area contributed by atoms with Gasteiger partial charge in [-0.05, 0) is 23.8 Å². The first kappa shape index (κ1) is 14.8. The molecule has 0 atom stereocenters. The van der Waals surface area contributed by atoms with Crippen LogP contribution in [-0.4, -0.2) is 21.7 Å². The third-order valence-electron chi connectivity index (χ3n) is 4.23. The van der Waals surface area contributed by atoms with E-state index in [0.29, 0.717) is 5.46 Å². The van der Waals surface area contributed by atoms with Crippen LogP contribution in [0.4, 0.5) is 0 Å². The maximum absolute atomic E-state index is 10.1. The van der Waals surface area contributed by atoms with Gasteiger partial charge in [0.05, 0.1) is 11.2 Å². The van der Waals surface area contributed by atoms with Gasteiger partial charge in [-0.2, -0.15) is 0 Å². The van der Waals surface area contributed by atoms with E-state index in [-0.39, 0.29) is 0 Å². The first-order valence-corrected chi connectivity index (χ1v) is 7.87. The number of nitrogens with zero attached hydrogens (tertiary/aromatic N) is 1. The monoisotopic (exact) mass is 313 g/mol. The maximum Gasteiger partial charge on any atom is 0.491 e. The smallest absolute Gasteiger partial charge is 0.423 e. The molecular formula is C20H16BNO2. The molecule has 4 heteroatoms. The lowest BCUT2D eigenvalue weighted by atomic mass is 9.76. The lowest BCUT2D eigenvalue weighted by Gasteiger charge is -2.13. The highest BCUT2D eigenvalue weighted by atomic mass is 16.4. The summed E-state index contributed by atoms with van der Waals surface area (Å²) in [4.78, 5) is 0. The highest BCUT2D eigenvalue weighted by molar-refractivity contribution is 6.64. The summed E-state index contributed by atoms with van der Waals surface area (Å²) >= 11 is 0. The first-order valence-electron chi connectivity index (χ1n) is 7.87. The Morgan fingerprint density at radius 2 is 1.25 bits per heavy atom. The molecule has 1 heterocycles. The lowest BCUT2D eigenvalue weighted by molar-refractivity contribution is 0.426.